The third kappa shape index (κ3) is 4.25. The average Bonchev–Trinajstić information content (AvgIpc) is 2.95. The van der Waals surface area contributed by atoms with Crippen LogP contribution in [0.2, 0.25) is 0 Å². The Balaban J connectivity index is 1.77. The maximum Gasteiger partial charge on any atom is 0.263 e. The van der Waals surface area contributed by atoms with Gasteiger partial charge in [0, 0.05) is 12.1 Å². The van der Waals surface area contributed by atoms with Gasteiger partial charge in [-0.05, 0) is 29.5 Å². The lowest BCUT2D eigenvalue weighted by molar-refractivity contribution is -0.123. The first-order chi connectivity index (χ1) is 13.3. The van der Waals surface area contributed by atoms with Crippen molar-refractivity contribution in [2.45, 2.75) is 37.6 Å². The second-order valence-corrected chi connectivity index (χ2v) is 8.98. The molecule has 2 aromatic rings. The minimum Gasteiger partial charge on any atom is -0.354 e. The van der Waals surface area contributed by atoms with E-state index in [2.05, 4.69) is 15.0 Å². The number of fused-ring (bicyclic) bond motifs is 1. The van der Waals surface area contributed by atoms with Gasteiger partial charge in [0.25, 0.3) is 10.0 Å². The summed E-state index contributed by atoms with van der Waals surface area (Å²) in [7, 11) is -3.63. The lowest BCUT2D eigenvalue weighted by atomic mass is 10.00. The molecule has 0 aliphatic carbocycles. The topological polar surface area (TPSA) is 87.6 Å². The van der Waals surface area contributed by atoms with Gasteiger partial charge in [0.2, 0.25) is 5.91 Å². The largest absolute Gasteiger partial charge is 0.354 e. The van der Waals surface area contributed by atoms with Crippen molar-refractivity contribution in [2.24, 2.45) is 10.9 Å². The van der Waals surface area contributed by atoms with Gasteiger partial charge in [0.1, 0.15) is 11.9 Å². The molecule has 1 heterocycles. The van der Waals surface area contributed by atoms with Crippen molar-refractivity contribution in [2.75, 3.05) is 6.54 Å². The summed E-state index contributed by atoms with van der Waals surface area (Å²) in [4.78, 5) is 17.5. The van der Waals surface area contributed by atoms with Crippen LogP contribution < -0.4 is 10.0 Å². The van der Waals surface area contributed by atoms with Gasteiger partial charge in [0.15, 0.2) is 0 Å². The average molecular weight is 400 g/mol. The first kappa shape index (κ1) is 20.1. The number of benzene rings is 2. The van der Waals surface area contributed by atoms with E-state index in [-0.39, 0.29) is 28.5 Å². The normalized spacial score (nSPS) is 18.4. The van der Waals surface area contributed by atoms with Crippen molar-refractivity contribution in [3.8, 4) is 0 Å². The van der Waals surface area contributed by atoms with Crippen LogP contribution in [0.4, 0.5) is 0 Å². The molecule has 0 saturated heterocycles. The number of hydrogen-bond donors (Lipinski definition) is 2. The van der Waals surface area contributed by atoms with Gasteiger partial charge < -0.3 is 5.32 Å². The Morgan fingerprint density at radius 3 is 2.36 bits per heavy atom. The Bertz CT molecular complexity index is 985. The molecule has 0 spiro atoms. The summed E-state index contributed by atoms with van der Waals surface area (Å²) in [5, 5.41) is 2.96. The molecular weight excluding hydrogens is 374 g/mol. The highest BCUT2D eigenvalue weighted by molar-refractivity contribution is 7.90. The number of amidine groups is 1. The lowest BCUT2D eigenvalue weighted by Gasteiger charge is -2.19. The third-order valence-electron chi connectivity index (χ3n) is 4.78. The predicted octanol–water partition coefficient (Wildman–Crippen LogP) is 2.67. The molecule has 1 aliphatic heterocycles. The molecule has 2 N–H and O–H groups in total. The van der Waals surface area contributed by atoms with Gasteiger partial charge in [-0.3, -0.25) is 14.5 Å². The number of nitrogens with zero attached hydrogens (tertiary/aromatic N) is 1. The number of hydrogen-bond acceptors (Lipinski definition) is 4. The van der Waals surface area contributed by atoms with Crippen LogP contribution in [-0.2, 0) is 14.8 Å². The number of amides is 1. The second-order valence-electron chi connectivity index (χ2n) is 7.33. The number of rotatable bonds is 6. The highest BCUT2D eigenvalue weighted by Gasteiger charge is 2.32. The van der Waals surface area contributed by atoms with Gasteiger partial charge in [-0.15, -0.1) is 0 Å². The van der Waals surface area contributed by atoms with Crippen molar-refractivity contribution in [1.82, 2.24) is 10.0 Å². The molecular formula is C21H25N3O3S. The second kappa shape index (κ2) is 8.14. The molecule has 2 aromatic carbocycles. The number of aliphatic imine (C=N–C) groups is 1. The molecule has 7 heteroatoms. The summed E-state index contributed by atoms with van der Waals surface area (Å²) < 4.78 is 27.0. The third-order valence-corrected chi connectivity index (χ3v) is 6.18. The molecule has 1 amide bonds. The van der Waals surface area contributed by atoms with E-state index in [1.807, 2.05) is 51.1 Å². The highest BCUT2D eigenvalue weighted by Crippen LogP contribution is 2.23. The Morgan fingerprint density at radius 2 is 1.68 bits per heavy atom. The molecule has 3 rings (SSSR count). The summed E-state index contributed by atoms with van der Waals surface area (Å²) in [6.07, 6.45) is 0. The monoisotopic (exact) mass is 399 g/mol. The summed E-state index contributed by atoms with van der Waals surface area (Å²) in [5.74, 6) is 0.0857. The zero-order chi connectivity index (χ0) is 20.3. The smallest absolute Gasteiger partial charge is 0.263 e. The zero-order valence-corrected chi connectivity index (χ0v) is 17.0. The van der Waals surface area contributed by atoms with Gasteiger partial charge in [-0.1, -0.05) is 63.2 Å². The van der Waals surface area contributed by atoms with E-state index >= 15 is 0 Å². The van der Waals surface area contributed by atoms with Gasteiger partial charge in [-0.2, -0.15) is 0 Å². The van der Waals surface area contributed by atoms with Gasteiger partial charge >= 0.3 is 0 Å². The predicted molar refractivity (Wildman–Crippen MR) is 110 cm³/mol. The Morgan fingerprint density at radius 1 is 1.04 bits per heavy atom. The van der Waals surface area contributed by atoms with Crippen molar-refractivity contribution in [3.05, 3.63) is 65.7 Å². The maximum atomic E-state index is 12.8. The molecule has 148 valence electrons. The number of sulfonamides is 1. The maximum absolute atomic E-state index is 12.8. The molecule has 0 aromatic heterocycles. The number of nitrogens with one attached hydrogen (secondary N) is 2. The molecule has 0 saturated carbocycles. The molecule has 6 nitrogen and oxygen atoms in total. The minimum atomic E-state index is -3.63. The van der Waals surface area contributed by atoms with Crippen molar-refractivity contribution < 1.29 is 13.2 Å². The fourth-order valence-corrected chi connectivity index (χ4v) is 4.38. The van der Waals surface area contributed by atoms with E-state index in [9.17, 15) is 13.2 Å². The van der Waals surface area contributed by atoms with E-state index < -0.39 is 16.1 Å². The lowest BCUT2D eigenvalue weighted by Crippen LogP contribution is -2.40. The van der Waals surface area contributed by atoms with Gasteiger partial charge in [-0.25, -0.2) is 8.42 Å². The zero-order valence-electron chi connectivity index (χ0n) is 16.2. The highest BCUT2D eigenvalue weighted by atomic mass is 32.2. The number of carbonyl (C=O) groups excluding carboxylic acids is 1. The van der Waals surface area contributed by atoms with Crippen LogP contribution >= 0.6 is 0 Å². The van der Waals surface area contributed by atoms with Crippen LogP contribution in [0.15, 0.2) is 64.5 Å². The van der Waals surface area contributed by atoms with E-state index in [4.69, 9.17) is 0 Å². The van der Waals surface area contributed by atoms with Crippen LogP contribution in [-0.4, -0.2) is 32.7 Å². The van der Waals surface area contributed by atoms with Crippen LogP contribution in [0.25, 0.3) is 0 Å². The molecule has 0 radical (unpaired) electrons. The van der Waals surface area contributed by atoms with E-state index in [0.717, 1.165) is 5.56 Å². The fourth-order valence-electron chi connectivity index (χ4n) is 3.14. The standard InChI is InChI=1S/C21H25N3O3S/c1-14(2)19(21(25)22-13-15(3)16-9-5-4-6-10-16)23-20-17-11-7-8-12-18(17)28(26,27)24-20/h4-12,14-15,19H,13H2,1-3H3,(H,22,25)(H,23,24)/t15-,19+/m1/s1. The molecule has 0 fully saturated rings. The quantitative estimate of drug-likeness (QED) is 0.783. The van der Waals surface area contributed by atoms with Crippen molar-refractivity contribution >= 4 is 21.8 Å². The first-order valence-electron chi connectivity index (χ1n) is 9.32. The van der Waals surface area contributed by atoms with E-state index in [0.29, 0.717) is 12.1 Å². The van der Waals surface area contributed by atoms with E-state index in [1.165, 1.54) is 6.07 Å². The fraction of sp³-hybridized carbons (Fsp3) is 0.333. The summed E-state index contributed by atoms with van der Waals surface area (Å²) in [5.41, 5.74) is 1.64. The molecule has 2 atom stereocenters. The minimum absolute atomic E-state index is 0.0863. The Kier molecular flexibility index (Phi) is 5.84. The molecule has 1 aliphatic rings. The van der Waals surface area contributed by atoms with Crippen LogP contribution in [0.1, 0.15) is 37.8 Å². The molecule has 28 heavy (non-hydrogen) atoms. The van der Waals surface area contributed by atoms with Crippen molar-refractivity contribution in [3.63, 3.8) is 0 Å². The molecule has 0 bridgehead atoms. The number of carbonyl (C=O) groups is 1. The summed E-state index contributed by atoms with van der Waals surface area (Å²) in [6.45, 7) is 6.32. The van der Waals surface area contributed by atoms with E-state index in [1.54, 1.807) is 18.2 Å². The molecule has 0 unspecified atom stereocenters. The first-order valence-corrected chi connectivity index (χ1v) is 10.8. The van der Waals surface area contributed by atoms with Crippen LogP contribution in [0.3, 0.4) is 0 Å². The van der Waals surface area contributed by atoms with Crippen LogP contribution in [0.5, 0.6) is 0 Å². The summed E-state index contributed by atoms with van der Waals surface area (Å²) in [6, 6.07) is 15.9. The van der Waals surface area contributed by atoms with Crippen molar-refractivity contribution in [1.29, 1.82) is 0 Å². The SMILES string of the molecule is CC(C)[C@H](N=C1NS(=O)(=O)c2ccccc21)C(=O)NC[C@@H](C)c1ccccc1. The van der Waals surface area contributed by atoms with Gasteiger partial charge in [0.05, 0.1) is 4.90 Å². The van der Waals surface area contributed by atoms with Crippen LogP contribution in [0, 0.1) is 5.92 Å². The Labute approximate surface area is 166 Å². The Hall–Kier alpha value is -2.67. The summed E-state index contributed by atoms with van der Waals surface area (Å²) >= 11 is 0.